The van der Waals surface area contributed by atoms with Crippen LogP contribution in [0.2, 0.25) is 0 Å². The summed E-state index contributed by atoms with van der Waals surface area (Å²) >= 11 is 0. The number of carboxylic acids is 1. The number of carbonyl (C=O) groups is 2. The minimum absolute atomic E-state index is 0.0547. The number of hydrogen-bond donors (Lipinski definition) is 14. The Bertz CT molecular complexity index is 2440. The number of rotatable bonds is 8. The van der Waals surface area contributed by atoms with Gasteiger partial charge in [-0.05, 0) is 36.1 Å². The van der Waals surface area contributed by atoms with Crippen molar-refractivity contribution in [3.05, 3.63) is 69.5 Å². The number of esters is 1. The van der Waals surface area contributed by atoms with Crippen LogP contribution < -0.4 is 21.2 Å². The number of aliphatic hydroxyl groups excluding tert-OH is 6. The molecule has 2 aromatic carbocycles. The highest BCUT2D eigenvalue weighted by Crippen LogP contribution is 2.44. The predicted octanol–water partition coefficient (Wildman–Crippen LogP) is -3.93. The van der Waals surface area contributed by atoms with E-state index < -0.39 is 120 Å². The molecule has 4 aliphatic rings. The molecule has 2 bridgehead atoms. The zero-order valence-electron chi connectivity index (χ0n) is 30.7. The van der Waals surface area contributed by atoms with E-state index in [0.717, 1.165) is 18.2 Å². The number of allylic oxidation sites excluding steroid dienone is 2. The molecule has 22 nitrogen and oxygen atoms in total. The normalized spacial score (nSPS) is 32.1. The van der Waals surface area contributed by atoms with E-state index in [2.05, 4.69) is 11.2 Å². The largest absolute Gasteiger partial charge is 0.507 e. The Labute approximate surface area is 335 Å². The Morgan fingerprint density at radius 1 is 0.967 bits per heavy atom. The minimum Gasteiger partial charge on any atom is -0.507 e. The van der Waals surface area contributed by atoms with E-state index in [1.165, 1.54) is 12.3 Å². The number of carboxylic acid groups (broad SMARTS) is 1. The maximum absolute atomic E-state index is 13.9. The number of hydrogen-bond acceptors (Lipinski definition) is 21. The number of aromatic hydroxyl groups is 3. The van der Waals surface area contributed by atoms with Crippen LogP contribution >= 0.6 is 0 Å². The maximum atomic E-state index is 13.9. The van der Waals surface area contributed by atoms with Gasteiger partial charge >= 0.3 is 11.9 Å². The van der Waals surface area contributed by atoms with Crippen molar-refractivity contribution in [3.8, 4) is 46.2 Å². The zero-order valence-corrected chi connectivity index (χ0v) is 30.7. The Morgan fingerprint density at radius 3 is 2.37 bits per heavy atom. The molecule has 5 heterocycles. The number of phenols is 3. The lowest BCUT2D eigenvalue weighted by Gasteiger charge is -2.48. The maximum Gasteiger partial charge on any atom is 0.354 e. The standard InChI is InChI=1S/C38H38N2O20/c39-23-3-2-14(13-40-23)8-17-21(12-22-24(26(17)45)18(42)11-20(56-22)16-9-15(4-7-41)25(44)19(43)10-16)57-32-28(47)27(46)30(49)36(59-32)5-1-6-37(34(51)52)38(54,55)31(50)29(48)33(60-37)58-35(36)53/h2-3,9-13,23,27-33,40-41,43-50,54-55H,4-5,7-8,39H2,(H,51,52)/t23?,27-,28-,29-,30+,31-,32+,33+,36+,37-/m1/s1. The summed E-state index contributed by atoms with van der Waals surface area (Å²) in [6.07, 6.45) is -14.6. The van der Waals surface area contributed by atoms with Crippen LogP contribution in [0, 0.1) is 11.8 Å². The molecule has 1 aromatic heterocycles. The quantitative estimate of drug-likeness (QED) is 0.0446. The van der Waals surface area contributed by atoms with Crippen LogP contribution in [0.15, 0.2) is 57.4 Å². The molecule has 15 N–H and O–H groups in total. The van der Waals surface area contributed by atoms with Crippen LogP contribution in [-0.4, -0.2) is 146 Å². The lowest BCUT2D eigenvalue weighted by atomic mass is 9.82. The van der Waals surface area contributed by atoms with Gasteiger partial charge in [0, 0.05) is 48.1 Å². The first-order chi connectivity index (χ1) is 28.3. The van der Waals surface area contributed by atoms with Crippen LogP contribution in [0.25, 0.3) is 22.3 Å². The molecule has 0 aliphatic carbocycles. The molecule has 1 spiro atoms. The fraction of sp³-hybridized carbons (Fsp3) is 0.395. The highest BCUT2D eigenvalue weighted by Gasteiger charge is 2.70. The summed E-state index contributed by atoms with van der Waals surface area (Å²) in [4.78, 5) is 39.9. The van der Waals surface area contributed by atoms with Gasteiger partial charge in [0.15, 0.2) is 16.9 Å². The molecule has 4 aliphatic heterocycles. The average Bonchev–Trinajstić information content (AvgIpc) is 3.25. The van der Waals surface area contributed by atoms with Crippen molar-refractivity contribution >= 4 is 22.9 Å². The van der Waals surface area contributed by atoms with Crippen molar-refractivity contribution in [2.24, 2.45) is 5.73 Å². The molecular weight excluding hydrogens is 804 g/mol. The first kappa shape index (κ1) is 42.3. The van der Waals surface area contributed by atoms with Gasteiger partial charge in [-0.3, -0.25) is 4.79 Å². The predicted molar refractivity (Wildman–Crippen MR) is 195 cm³/mol. The average molecular weight is 843 g/mol. The molecule has 3 aromatic rings. The monoisotopic (exact) mass is 842 g/mol. The van der Waals surface area contributed by atoms with Gasteiger partial charge in [0.05, 0.1) is 12.6 Å². The zero-order chi connectivity index (χ0) is 43.6. The molecule has 2 saturated heterocycles. The van der Waals surface area contributed by atoms with Gasteiger partial charge in [-0.25, -0.2) is 9.59 Å². The van der Waals surface area contributed by atoms with Gasteiger partial charge in [0.1, 0.15) is 58.7 Å². The number of ether oxygens (including phenoxy) is 4. The van der Waals surface area contributed by atoms with Gasteiger partial charge in [-0.1, -0.05) is 12.0 Å². The van der Waals surface area contributed by atoms with Crippen molar-refractivity contribution < 1.29 is 94.2 Å². The molecule has 22 heteroatoms. The summed E-state index contributed by atoms with van der Waals surface area (Å²) in [7, 11) is 0. The SMILES string of the molecule is NC1C=CC(Cc2c(O[C@H]3O[C@@]4(CC#C[C@]5(C(=O)O)O[C@H](OC4=O)[C@H](O)[C@@H](O)C5(O)O)[C@@H](O)[C@H](O)[C@H]3O)cc3oc(-c4cc(O)c(O)c(CCO)c4)cc(=O)c3c2O)=CN1. The molecule has 60 heavy (non-hydrogen) atoms. The second-order valence-electron chi connectivity index (χ2n) is 14.4. The van der Waals surface area contributed by atoms with Crippen molar-refractivity contribution in [2.75, 3.05) is 6.61 Å². The number of aliphatic carboxylic acids is 1. The Balaban J connectivity index is 1.35. The number of carbonyl (C=O) groups excluding carboxylic acids is 1. The molecule has 10 atom stereocenters. The smallest absolute Gasteiger partial charge is 0.354 e. The number of dihydropyridines is 1. The van der Waals surface area contributed by atoms with Crippen LogP contribution in [0.4, 0.5) is 0 Å². The van der Waals surface area contributed by atoms with Crippen molar-refractivity contribution in [1.82, 2.24) is 5.32 Å². The molecule has 0 amide bonds. The summed E-state index contributed by atoms with van der Waals surface area (Å²) < 4.78 is 28.0. The number of benzene rings is 2. The van der Waals surface area contributed by atoms with Gasteiger partial charge in [-0.2, -0.15) is 0 Å². The number of aliphatic hydroxyl groups is 8. The van der Waals surface area contributed by atoms with Gasteiger partial charge < -0.3 is 95.7 Å². The lowest BCUT2D eigenvalue weighted by Crippen LogP contribution is -2.75. The van der Waals surface area contributed by atoms with E-state index in [0.29, 0.717) is 5.57 Å². The van der Waals surface area contributed by atoms with E-state index in [1.807, 2.05) is 5.92 Å². The van der Waals surface area contributed by atoms with Gasteiger partial charge in [0.25, 0.3) is 5.60 Å². The number of phenolic OH excluding ortho intramolecular Hbond substituents is 3. The van der Waals surface area contributed by atoms with E-state index in [4.69, 9.17) is 29.1 Å². The van der Waals surface area contributed by atoms with E-state index >= 15 is 0 Å². The van der Waals surface area contributed by atoms with E-state index in [-0.39, 0.29) is 46.3 Å². The van der Waals surface area contributed by atoms with Crippen LogP contribution in [0.1, 0.15) is 17.5 Å². The summed E-state index contributed by atoms with van der Waals surface area (Å²) in [6, 6.07) is 4.46. The van der Waals surface area contributed by atoms with E-state index in [9.17, 15) is 75.7 Å². The molecule has 2 fully saturated rings. The summed E-state index contributed by atoms with van der Waals surface area (Å²) in [5.41, 5.74) is -1.34. The fourth-order valence-electron chi connectivity index (χ4n) is 7.20. The highest BCUT2D eigenvalue weighted by atomic mass is 16.8. The summed E-state index contributed by atoms with van der Waals surface area (Å²) in [5.74, 6) is -6.27. The first-order valence-electron chi connectivity index (χ1n) is 18.0. The van der Waals surface area contributed by atoms with Crippen LogP contribution in [-0.2, 0) is 36.6 Å². The second kappa shape index (κ2) is 15.3. The Kier molecular flexibility index (Phi) is 10.8. The van der Waals surface area contributed by atoms with Gasteiger partial charge in [0.2, 0.25) is 24.0 Å². The third-order valence-electron chi connectivity index (χ3n) is 10.6. The Morgan fingerprint density at radius 2 is 1.70 bits per heavy atom. The van der Waals surface area contributed by atoms with Gasteiger partial charge in [-0.15, -0.1) is 0 Å². The third kappa shape index (κ3) is 6.76. The first-order valence-corrected chi connectivity index (χ1v) is 18.0. The molecule has 0 radical (unpaired) electrons. The molecule has 320 valence electrons. The number of fused-ring (bicyclic) bond motifs is 3. The van der Waals surface area contributed by atoms with E-state index in [1.54, 1.807) is 12.2 Å². The topological polar surface area (TPSA) is 382 Å². The highest BCUT2D eigenvalue weighted by molar-refractivity contribution is 5.89. The lowest BCUT2D eigenvalue weighted by molar-refractivity contribution is -0.393. The molecule has 1 unspecified atom stereocenters. The van der Waals surface area contributed by atoms with Crippen molar-refractivity contribution in [3.63, 3.8) is 0 Å². The molecule has 7 rings (SSSR count). The van der Waals surface area contributed by atoms with Crippen molar-refractivity contribution in [2.45, 2.75) is 85.5 Å². The summed E-state index contributed by atoms with van der Waals surface area (Å²) in [5, 5.41) is 130. The minimum atomic E-state index is -3.82. The van der Waals surface area contributed by atoms with Crippen molar-refractivity contribution in [1.29, 1.82) is 0 Å². The van der Waals surface area contributed by atoms with Crippen LogP contribution in [0.5, 0.6) is 23.0 Å². The second-order valence-corrected chi connectivity index (χ2v) is 14.4. The number of nitrogens with two attached hydrogens (primary N) is 1. The Hall–Kier alpha value is -5.81. The fourth-order valence-corrected chi connectivity index (χ4v) is 7.20. The molecule has 0 saturated carbocycles. The third-order valence-corrected chi connectivity index (χ3v) is 10.6. The van der Waals surface area contributed by atoms with Crippen LogP contribution in [0.3, 0.4) is 0 Å². The summed E-state index contributed by atoms with van der Waals surface area (Å²) in [6.45, 7) is -0.413. The molecular formula is C38H38N2O20. The number of nitrogens with one attached hydrogen (secondary N) is 1.